The number of amides is 2. The highest BCUT2D eigenvalue weighted by atomic mass is 35.5. The van der Waals surface area contributed by atoms with Crippen LogP contribution in [0.5, 0.6) is 5.75 Å². The Kier molecular flexibility index (Phi) is 7.44. The Labute approximate surface area is 226 Å². The van der Waals surface area contributed by atoms with Gasteiger partial charge in [0.25, 0.3) is 0 Å². The van der Waals surface area contributed by atoms with Gasteiger partial charge in [0.2, 0.25) is 0 Å². The molecule has 3 heterocycles. The van der Waals surface area contributed by atoms with Crippen molar-refractivity contribution in [3.8, 4) is 17.0 Å². The van der Waals surface area contributed by atoms with Crippen LogP contribution in [0.4, 0.5) is 16.3 Å². The van der Waals surface area contributed by atoms with E-state index in [0.717, 1.165) is 41.0 Å². The molecule has 0 bridgehead atoms. The van der Waals surface area contributed by atoms with Crippen molar-refractivity contribution >= 4 is 59.7 Å². The second-order valence-corrected chi connectivity index (χ2v) is 10.0. The lowest BCUT2D eigenvalue weighted by Gasteiger charge is -2.33. The number of piperidine rings is 1. The zero-order chi connectivity index (χ0) is 25.9. The molecule has 1 aliphatic rings. The Hall–Kier alpha value is -3.43. The molecule has 37 heavy (non-hydrogen) atoms. The lowest BCUT2D eigenvalue weighted by atomic mass is 9.98. The van der Waals surface area contributed by atoms with E-state index in [1.54, 1.807) is 31.5 Å². The van der Waals surface area contributed by atoms with Crippen LogP contribution in [-0.2, 0) is 0 Å². The Morgan fingerprint density at radius 3 is 2.86 bits per heavy atom. The maximum atomic E-state index is 13.0. The van der Waals surface area contributed by atoms with Crippen molar-refractivity contribution < 1.29 is 9.53 Å². The number of aromatic nitrogens is 3. The molecule has 2 aromatic heterocycles. The molecule has 0 radical (unpaired) electrons. The van der Waals surface area contributed by atoms with Crippen LogP contribution in [0.1, 0.15) is 12.8 Å². The fourth-order valence-corrected chi connectivity index (χ4v) is 5.05. The van der Waals surface area contributed by atoms with E-state index in [0.29, 0.717) is 41.1 Å². The fraction of sp³-hybridized carbons (Fsp3) is 0.269. The minimum Gasteiger partial charge on any atom is -0.495 e. The molecule has 1 atom stereocenters. The number of fused-ring (bicyclic) bond motifs is 1. The number of carbonyl (C=O) groups excluding carboxylic acids is 1. The van der Waals surface area contributed by atoms with E-state index in [1.807, 2.05) is 47.6 Å². The standard InChI is InChI=1S/C26H27BCl2N6O2/c1-37-23-9-8-17(28)11-22(23)33-26(36)34-10-4-5-16(15-34)13-30-24-12-21(18-6-2-3-7-20(18)29)32-25-19(27)14-31-35(24)25/h2-3,6-9,11-12,14,16,30H,4-5,10,13,15,27H2,1H3,(H,33,36). The van der Waals surface area contributed by atoms with Gasteiger partial charge in [-0.05, 0) is 48.5 Å². The van der Waals surface area contributed by atoms with E-state index in [-0.39, 0.29) is 11.9 Å². The summed E-state index contributed by atoms with van der Waals surface area (Å²) in [6, 6.07) is 14.6. The predicted octanol–water partition coefficient (Wildman–Crippen LogP) is 4.33. The number of carbonyl (C=O) groups is 1. The fourth-order valence-electron chi connectivity index (χ4n) is 4.64. The number of anilines is 2. The number of rotatable bonds is 6. The maximum absolute atomic E-state index is 13.0. The summed E-state index contributed by atoms with van der Waals surface area (Å²) in [5.41, 5.74) is 3.96. The van der Waals surface area contributed by atoms with Crippen molar-refractivity contribution in [3.05, 3.63) is 64.8 Å². The molecule has 2 amide bonds. The van der Waals surface area contributed by atoms with Gasteiger partial charge in [0.05, 0.1) is 18.5 Å². The van der Waals surface area contributed by atoms with Gasteiger partial charge in [0.15, 0.2) is 5.65 Å². The molecule has 4 aromatic rings. The van der Waals surface area contributed by atoms with Crippen molar-refractivity contribution in [2.45, 2.75) is 12.8 Å². The average molecular weight is 537 g/mol. The highest BCUT2D eigenvalue weighted by molar-refractivity contribution is 6.36. The zero-order valence-corrected chi connectivity index (χ0v) is 22.2. The average Bonchev–Trinajstić information content (AvgIpc) is 3.28. The van der Waals surface area contributed by atoms with Gasteiger partial charge in [-0.1, -0.05) is 41.4 Å². The number of nitrogens with one attached hydrogen (secondary N) is 2. The van der Waals surface area contributed by atoms with E-state index < -0.39 is 0 Å². The van der Waals surface area contributed by atoms with Crippen LogP contribution in [0.2, 0.25) is 10.0 Å². The van der Waals surface area contributed by atoms with Crippen LogP contribution in [0, 0.1) is 5.92 Å². The monoisotopic (exact) mass is 536 g/mol. The molecule has 5 rings (SSSR count). The second kappa shape index (κ2) is 10.9. The number of halogens is 2. The first-order valence-corrected chi connectivity index (χ1v) is 12.9. The Bertz CT molecular complexity index is 1450. The summed E-state index contributed by atoms with van der Waals surface area (Å²) in [5.74, 6) is 1.67. The Morgan fingerprint density at radius 1 is 1.22 bits per heavy atom. The molecular formula is C26H27BCl2N6O2. The number of likely N-dealkylation sites (tertiary alicyclic amines) is 1. The van der Waals surface area contributed by atoms with Gasteiger partial charge in [-0.3, -0.25) is 0 Å². The van der Waals surface area contributed by atoms with Crippen LogP contribution in [0.15, 0.2) is 54.7 Å². The van der Waals surface area contributed by atoms with Crippen LogP contribution >= 0.6 is 23.2 Å². The largest absolute Gasteiger partial charge is 0.495 e. The molecule has 0 spiro atoms. The van der Waals surface area contributed by atoms with Gasteiger partial charge < -0.3 is 20.3 Å². The molecular weight excluding hydrogens is 510 g/mol. The summed E-state index contributed by atoms with van der Waals surface area (Å²) < 4.78 is 7.17. The van der Waals surface area contributed by atoms with Gasteiger partial charge in [-0.25, -0.2) is 9.78 Å². The summed E-state index contributed by atoms with van der Waals surface area (Å²) in [7, 11) is 3.55. The third-order valence-electron chi connectivity index (χ3n) is 6.58. The van der Waals surface area contributed by atoms with Crippen molar-refractivity contribution in [1.82, 2.24) is 19.5 Å². The number of nitrogens with zero attached hydrogens (tertiary/aromatic N) is 4. The molecule has 1 aliphatic heterocycles. The quantitative estimate of drug-likeness (QED) is 0.358. The second-order valence-electron chi connectivity index (χ2n) is 9.18. The van der Waals surface area contributed by atoms with E-state index in [2.05, 4.69) is 15.7 Å². The van der Waals surface area contributed by atoms with E-state index >= 15 is 0 Å². The van der Waals surface area contributed by atoms with Crippen molar-refractivity contribution in [2.75, 3.05) is 37.4 Å². The van der Waals surface area contributed by atoms with Crippen LogP contribution in [-0.4, -0.2) is 60.1 Å². The molecule has 1 saturated heterocycles. The molecule has 0 aliphatic carbocycles. The molecule has 8 nitrogen and oxygen atoms in total. The Balaban J connectivity index is 1.30. The van der Waals surface area contributed by atoms with Crippen molar-refractivity contribution in [2.24, 2.45) is 5.92 Å². The molecule has 1 fully saturated rings. The maximum Gasteiger partial charge on any atom is 0.321 e. The van der Waals surface area contributed by atoms with Gasteiger partial charge in [-0.15, -0.1) is 0 Å². The first kappa shape index (κ1) is 25.2. The highest BCUT2D eigenvalue weighted by Crippen LogP contribution is 2.30. The van der Waals surface area contributed by atoms with Crippen LogP contribution < -0.4 is 20.8 Å². The first-order valence-electron chi connectivity index (χ1n) is 12.2. The topological polar surface area (TPSA) is 83.8 Å². The molecule has 2 aromatic carbocycles. The summed E-state index contributed by atoms with van der Waals surface area (Å²) in [4.78, 5) is 19.7. The number of hydrogen-bond acceptors (Lipinski definition) is 5. The van der Waals surface area contributed by atoms with Crippen LogP contribution in [0.25, 0.3) is 16.9 Å². The summed E-state index contributed by atoms with van der Waals surface area (Å²) in [5, 5.41) is 12.2. The van der Waals surface area contributed by atoms with E-state index in [4.69, 9.17) is 32.9 Å². The van der Waals surface area contributed by atoms with Crippen molar-refractivity contribution in [1.29, 1.82) is 0 Å². The Morgan fingerprint density at radius 2 is 2.05 bits per heavy atom. The predicted molar refractivity (Wildman–Crippen MR) is 151 cm³/mol. The lowest BCUT2D eigenvalue weighted by molar-refractivity contribution is 0.180. The summed E-state index contributed by atoms with van der Waals surface area (Å²) in [6.07, 6.45) is 3.74. The number of methoxy groups -OCH3 is 1. The third kappa shape index (κ3) is 5.48. The van der Waals surface area contributed by atoms with Gasteiger partial charge >= 0.3 is 6.03 Å². The van der Waals surface area contributed by atoms with Crippen molar-refractivity contribution in [3.63, 3.8) is 0 Å². The highest BCUT2D eigenvalue weighted by Gasteiger charge is 2.25. The lowest BCUT2D eigenvalue weighted by Crippen LogP contribution is -2.44. The summed E-state index contributed by atoms with van der Waals surface area (Å²) >= 11 is 12.6. The van der Waals surface area contributed by atoms with Gasteiger partial charge in [0, 0.05) is 47.5 Å². The number of ether oxygens (including phenoxy) is 1. The van der Waals surface area contributed by atoms with Gasteiger partial charge in [0.1, 0.15) is 19.4 Å². The minimum absolute atomic E-state index is 0.166. The molecule has 1 unspecified atom stereocenters. The smallest absolute Gasteiger partial charge is 0.321 e. The SMILES string of the molecule is Bc1cnn2c(NCC3CCCN(C(=O)Nc4cc(Cl)ccc4OC)C3)cc(-c3ccccc3Cl)nc12. The van der Waals surface area contributed by atoms with Crippen LogP contribution in [0.3, 0.4) is 0 Å². The van der Waals surface area contributed by atoms with E-state index in [9.17, 15) is 4.79 Å². The zero-order valence-electron chi connectivity index (χ0n) is 20.7. The minimum atomic E-state index is -0.166. The molecule has 11 heteroatoms. The molecule has 2 N–H and O–H groups in total. The van der Waals surface area contributed by atoms with E-state index in [1.165, 1.54) is 0 Å². The first-order chi connectivity index (χ1) is 17.9. The number of hydrogen-bond donors (Lipinski definition) is 2. The summed E-state index contributed by atoms with van der Waals surface area (Å²) in [6.45, 7) is 2.01. The van der Waals surface area contributed by atoms with Gasteiger partial charge in [-0.2, -0.15) is 9.61 Å². The number of benzene rings is 2. The normalized spacial score (nSPS) is 15.5. The number of urea groups is 1. The third-order valence-corrected chi connectivity index (χ3v) is 7.14. The molecule has 190 valence electrons. The molecule has 0 saturated carbocycles.